The van der Waals surface area contributed by atoms with Gasteiger partial charge >= 0.3 is 0 Å². The third kappa shape index (κ3) is 6.37. The van der Waals surface area contributed by atoms with Gasteiger partial charge in [-0.1, -0.05) is 18.7 Å². The number of thioether (sulfide) groups is 1. The second-order valence-corrected chi connectivity index (χ2v) is 10.3. The number of halogens is 1. The lowest BCUT2D eigenvalue weighted by Crippen LogP contribution is -2.56. The summed E-state index contributed by atoms with van der Waals surface area (Å²) in [4.78, 5) is 41.2. The van der Waals surface area contributed by atoms with E-state index < -0.39 is 11.9 Å². The third-order valence-corrected chi connectivity index (χ3v) is 7.64. The zero-order valence-electron chi connectivity index (χ0n) is 22.1. The topological polar surface area (TPSA) is 135 Å². The molecule has 41 heavy (non-hydrogen) atoms. The van der Waals surface area contributed by atoms with Crippen molar-refractivity contribution < 1.29 is 19.1 Å². The van der Waals surface area contributed by atoms with Gasteiger partial charge in [0.15, 0.2) is 5.82 Å². The maximum atomic E-state index is 15.8. The van der Waals surface area contributed by atoms with Gasteiger partial charge in [0.05, 0.1) is 35.3 Å². The van der Waals surface area contributed by atoms with E-state index in [2.05, 4.69) is 37.2 Å². The summed E-state index contributed by atoms with van der Waals surface area (Å²) in [5, 5.41) is 23.6. The molecule has 1 saturated heterocycles. The number of phenols is 1. The van der Waals surface area contributed by atoms with Crippen LogP contribution in [-0.2, 0) is 9.59 Å². The predicted octanol–water partition coefficient (Wildman–Crippen LogP) is 3.47. The Morgan fingerprint density at radius 3 is 2.88 bits per heavy atom. The molecule has 2 aromatic heterocycles. The highest BCUT2D eigenvalue weighted by atomic mass is 32.2. The van der Waals surface area contributed by atoms with E-state index in [0.29, 0.717) is 29.0 Å². The molecule has 0 spiro atoms. The molecule has 2 unspecified atom stereocenters. The Kier molecular flexibility index (Phi) is 9.65. The fraction of sp³-hybridized carbons (Fsp3) is 0.214. The number of amides is 2. The van der Waals surface area contributed by atoms with Crippen LogP contribution in [0.5, 0.6) is 5.75 Å². The summed E-state index contributed by atoms with van der Waals surface area (Å²) in [7, 11) is 2.44. The van der Waals surface area contributed by atoms with Crippen LogP contribution in [-0.4, -0.2) is 75.0 Å². The summed E-state index contributed by atoms with van der Waals surface area (Å²) in [6, 6.07) is 11.0. The van der Waals surface area contributed by atoms with Gasteiger partial charge in [0.2, 0.25) is 12.3 Å². The third-order valence-electron chi connectivity index (χ3n) is 6.46. The number of hydrogen-bond donors (Lipinski definition) is 2. The molecular formula is C28H27FN7O3PS. The van der Waals surface area contributed by atoms with Gasteiger partial charge in [-0.15, -0.1) is 21.0 Å². The second kappa shape index (κ2) is 13.4. The van der Waals surface area contributed by atoms with Crippen LogP contribution in [0.25, 0.3) is 11.3 Å². The van der Waals surface area contributed by atoms with Crippen LogP contribution >= 0.6 is 21.0 Å². The Hall–Kier alpha value is -4.33. The van der Waals surface area contributed by atoms with E-state index >= 15 is 4.39 Å². The van der Waals surface area contributed by atoms with Gasteiger partial charge in [-0.2, -0.15) is 5.26 Å². The predicted molar refractivity (Wildman–Crippen MR) is 160 cm³/mol. The number of phenolic OH excluding ortho intramolecular Hbond substituents is 1. The molecule has 0 bridgehead atoms. The van der Waals surface area contributed by atoms with Gasteiger partial charge in [-0.05, 0) is 41.9 Å². The summed E-state index contributed by atoms with van der Waals surface area (Å²) in [5.74, 6) is -0.937. The summed E-state index contributed by atoms with van der Waals surface area (Å²) >= 11 is 1.38. The minimum atomic E-state index is -0.750. The van der Waals surface area contributed by atoms with Gasteiger partial charge < -0.3 is 20.2 Å². The number of amidine groups is 1. The lowest BCUT2D eigenvalue weighted by Gasteiger charge is -2.41. The first-order chi connectivity index (χ1) is 19.8. The number of carbonyl (C=O) groups is 2. The first-order valence-electron chi connectivity index (χ1n) is 12.4. The van der Waals surface area contributed by atoms with Crippen molar-refractivity contribution in [3.8, 4) is 23.1 Å². The van der Waals surface area contributed by atoms with Crippen LogP contribution in [0.1, 0.15) is 12.0 Å². The molecule has 3 aromatic rings. The van der Waals surface area contributed by atoms with Crippen LogP contribution in [0.3, 0.4) is 0 Å². The standard InChI is InChI=1S/C28H27FN7O3PS/c1-3-23(39)36-13-12-35(15-17(36)9-10-30)27(33-20-6-5-11-31-28(20)41-2)18-14-19(29)25(34-26(18)32-16-37)24-21(38)7-4-8-22(24)40/h3-8,11,14,16-17,38H,1,9,12-13,15,40H2,2H3,(H,32,34,37)/b33-27+. The van der Waals surface area contributed by atoms with Crippen LogP contribution in [0, 0.1) is 17.1 Å². The molecule has 13 heteroatoms. The first-order valence-corrected chi connectivity index (χ1v) is 14.2. The number of rotatable bonds is 8. The van der Waals surface area contributed by atoms with Crippen molar-refractivity contribution in [2.45, 2.75) is 17.5 Å². The Morgan fingerprint density at radius 2 is 2.20 bits per heavy atom. The molecule has 0 radical (unpaired) electrons. The molecule has 2 atom stereocenters. The van der Waals surface area contributed by atoms with Crippen molar-refractivity contribution in [1.29, 1.82) is 5.26 Å². The number of piperazine rings is 1. The average Bonchev–Trinajstić information content (AvgIpc) is 2.97. The maximum Gasteiger partial charge on any atom is 0.246 e. The maximum absolute atomic E-state index is 15.8. The van der Waals surface area contributed by atoms with Gasteiger partial charge in [-0.25, -0.2) is 19.4 Å². The van der Waals surface area contributed by atoms with E-state index in [1.807, 2.05) is 11.2 Å². The molecule has 4 rings (SSSR count). The molecule has 1 fully saturated rings. The quantitative estimate of drug-likeness (QED) is 0.102. The van der Waals surface area contributed by atoms with Gasteiger partial charge in [0, 0.05) is 25.8 Å². The molecule has 210 valence electrons. The highest BCUT2D eigenvalue weighted by molar-refractivity contribution is 7.98. The van der Waals surface area contributed by atoms with Crippen LogP contribution < -0.4 is 10.6 Å². The van der Waals surface area contributed by atoms with E-state index in [9.17, 15) is 20.0 Å². The molecule has 0 aliphatic carbocycles. The van der Waals surface area contributed by atoms with E-state index in [1.165, 1.54) is 30.0 Å². The highest BCUT2D eigenvalue weighted by Crippen LogP contribution is 2.34. The fourth-order valence-corrected chi connectivity index (χ4v) is 5.48. The molecule has 1 aliphatic rings. The minimum absolute atomic E-state index is 0.0128. The zero-order chi connectivity index (χ0) is 29.5. The number of nitriles is 1. The molecule has 0 saturated carbocycles. The van der Waals surface area contributed by atoms with Gasteiger partial charge in [0.25, 0.3) is 0 Å². The normalized spacial score (nSPS) is 15.3. The number of carbonyl (C=O) groups excluding carboxylic acids is 2. The molecule has 3 heterocycles. The fourth-order valence-electron chi connectivity index (χ4n) is 4.59. The number of aliphatic imine (C=N–C) groups is 1. The number of benzene rings is 1. The number of nitrogens with zero attached hydrogens (tertiary/aromatic N) is 6. The van der Waals surface area contributed by atoms with Crippen LogP contribution in [0.15, 0.2) is 65.3 Å². The van der Waals surface area contributed by atoms with E-state index in [-0.39, 0.29) is 59.6 Å². The molecule has 1 aromatic carbocycles. The van der Waals surface area contributed by atoms with Crippen LogP contribution in [0.4, 0.5) is 15.9 Å². The lowest BCUT2D eigenvalue weighted by atomic mass is 10.0. The summed E-state index contributed by atoms with van der Waals surface area (Å²) in [6.45, 7) is 4.33. The average molecular weight is 592 g/mol. The molecule has 10 nitrogen and oxygen atoms in total. The Labute approximate surface area is 243 Å². The molecule has 2 N–H and O–H groups in total. The first kappa shape index (κ1) is 29.6. The van der Waals surface area contributed by atoms with Crippen molar-refractivity contribution >= 4 is 56.0 Å². The van der Waals surface area contributed by atoms with Crippen molar-refractivity contribution in [1.82, 2.24) is 19.8 Å². The molecule has 2 amide bonds. The zero-order valence-corrected chi connectivity index (χ0v) is 24.1. The number of pyridine rings is 2. The monoisotopic (exact) mass is 591 g/mol. The number of nitrogens with one attached hydrogen (secondary N) is 1. The van der Waals surface area contributed by atoms with Gasteiger partial charge in [0.1, 0.15) is 28.1 Å². The SMILES string of the molecule is C=CC(=O)N1CCN(/C(=N/c2cccnc2SC)c2cc(F)c(-c3c(O)cccc3P)nc2NC=O)CC1CC#N. The van der Waals surface area contributed by atoms with E-state index in [4.69, 9.17) is 4.99 Å². The largest absolute Gasteiger partial charge is 0.507 e. The summed E-state index contributed by atoms with van der Waals surface area (Å²) in [6.07, 6.45) is 5.18. The number of aromatic hydroxyl groups is 1. The van der Waals surface area contributed by atoms with Crippen molar-refractivity contribution in [3.63, 3.8) is 0 Å². The number of aromatic nitrogens is 2. The Morgan fingerprint density at radius 1 is 1.39 bits per heavy atom. The van der Waals surface area contributed by atoms with Crippen LogP contribution in [0.2, 0.25) is 0 Å². The van der Waals surface area contributed by atoms with E-state index in [0.717, 1.165) is 0 Å². The second-order valence-electron chi connectivity index (χ2n) is 8.88. The van der Waals surface area contributed by atoms with Crippen molar-refractivity contribution in [2.75, 3.05) is 31.2 Å². The smallest absolute Gasteiger partial charge is 0.246 e. The summed E-state index contributed by atoms with van der Waals surface area (Å²) < 4.78 is 15.8. The molecule has 1 aliphatic heterocycles. The highest BCUT2D eigenvalue weighted by Gasteiger charge is 2.33. The minimum Gasteiger partial charge on any atom is -0.507 e. The number of anilines is 1. The molecular weight excluding hydrogens is 564 g/mol. The van der Waals surface area contributed by atoms with Gasteiger partial charge in [-0.3, -0.25) is 9.59 Å². The van der Waals surface area contributed by atoms with Crippen molar-refractivity contribution in [2.24, 2.45) is 4.99 Å². The van der Waals surface area contributed by atoms with E-state index in [1.54, 1.807) is 35.4 Å². The lowest BCUT2D eigenvalue weighted by molar-refractivity contribution is -0.130. The Bertz CT molecular complexity index is 1540. The summed E-state index contributed by atoms with van der Waals surface area (Å²) in [5.41, 5.74) is 0.687. The Balaban J connectivity index is 1.92. The number of hydrogen-bond acceptors (Lipinski definition) is 8. The van der Waals surface area contributed by atoms with Crippen molar-refractivity contribution in [3.05, 3.63) is 66.6 Å².